The Morgan fingerprint density at radius 1 is 1.11 bits per heavy atom. The molecule has 0 fully saturated rings. The fourth-order valence-corrected chi connectivity index (χ4v) is 3.03. The van der Waals surface area contributed by atoms with Crippen molar-refractivity contribution in [2.45, 2.75) is 13.3 Å². The molecule has 2 N–H and O–H groups in total. The van der Waals surface area contributed by atoms with Crippen LogP contribution in [0.1, 0.15) is 21.7 Å². The Bertz CT molecular complexity index is 1180. The van der Waals surface area contributed by atoms with E-state index in [1.165, 1.54) is 4.68 Å². The van der Waals surface area contributed by atoms with Gasteiger partial charge in [-0.05, 0) is 37.3 Å². The zero-order chi connectivity index (χ0) is 19.5. The van der Waals surface area contributed by atoms with Crippen LogP contribution in [0.3, 0.4) is 0 Å². The zero-order valence-electron chi connectivity index (χ0n) is 15.2. The molecular formula is C20H18N6O2. The summed E-state index contributed by atoms with van der Waals surface area (Å²) < 4.78 is 1.37. The molecule has 8 heteroatoms. The Morgan fingerprint density at radius 3 is 2.57 bits per heavy atom. The number of amides is 1. The molecule has 140 valence electrons. The van der Waals surface area contributed by atoms with Crippen LogP contribution >= 0.6 is 0 Å². The first-order valence-electron chi connectivity index (χ1n) is 8.85. The van der Waals surface area contributed by atoms with Crippen molar-refractivity contribution in [3.05, 3.63) is 82.0 Å². The normalized spacial score (nSPS) is 10.9. The van der Waals surface area contributed by atoms with Crippen LogP contribution in [0.25, 0.3) is 16.5 Å². The fourth-order valence-electron chi connectivity index (χ4n) is 3.03. The number of aromatic nitrogens is 5. The highest BCUT2D eigenvalue weighted by molar-refractivity contribution is 5.94. The first-order valence-corrected chi connectivity index (χ1v) is 8.85. The van der Waals surface area contributed by atoms with Crippen molar-refractivity contribution >= 4 is 16.7 Å². The molecule has 0 radical (unpaired) electrons. The number of aryl methyl sites for hydroxylation is 1. The van der Waals surface area contributed by atoms with Gasteiger partial charge in [0.05, 0.1) is 28.7 Å². The van der Waals surface area contributed by atoms with E-state index in [0.29, 0.717) is 29.6 Å². The summed E-state index contributed by atoms with van der Waals surface area (Å²) in [6.07, 6.45) is 2.22. The lowest BCUT2D eigenvalue weighted by atomic mass is 10.1. The van der Waals surface area contributed by atoms with Crippen molar-refractivity contribution in [1.82, 2.24) is 30.5 Å². The van der Waals surface area contributed by atoms with Crippen LogP contribution in [0.15, 0.2) is 59.5 Å². The zero-order valence-corrected chi connectivity index (χ0v) is 15.2. The van der Waals surface area contributed by atoms with Gasteiger partial charge in [0.25, 0.3) is 11.5 Å². The van der Waals surface area contributed by atoms with E-state index in [-0.39, 0.29) is 11.5 Å². The molecule has 2 aromatic carbocycles. The maximum atomic E-state index is 12.8. The Morgan fingerprint density at radius 2 is 1.86 bits per heavy atom. The van der Waals surface area contributed by atoms with Crippen LogP contribution in [0.2, 0.25) is 0 Å². The summed E-state index contributed by atoms with van der Waals surface area (Å²) in [6, 6.07) is 14.2. The number of hydrogen-bond acceptors (Lipinski definition) is 5. The molecular weight excluding hydrogens is 356 g/mol. The second kappa shape index (κ2) is 7.43. The molecule has 0 bridgehead atoms. The third kappa shape index (κ3) is 3.39. The second-order valence-corrected chi connectivity index (χ2v) is 6.36. The number of rotatable bonds is 5. The molecule has 0 atom stereocenters. The molecule has 2 heterocycles. The number of aromatic amines is 1. The minimum absolute atomic E-state index is 0.189. The molecule has 0 aliphatic carbocycles. The van der Waals surface area contributed by atoms with E-state index in [9.17, 15) is 9.59 Å². The molecule has 0 aliphatic rings. The lowest BCUT2D eigenvalue weighted by Gasteiger charge is -2.09. The number of hydrogen-bond donors (Lipinski definition) is 2. The largest absolute Gasteiger partial charge is 0.352 e. The first kappa shape index (κ1) is 17.6. The fraction of sp³-hybridized carbons (Fsp3) is 0.150. The lowest BCUT2D eigenvalue weighted by Crippen LogP contribution is -2.26. The summed E-state index contributed by atoms with van der Waals surface area (Å²) in [5.41, 5.74) is 2.48. The molecule has 0 aliphatic heterocycles. The number of benzene rings is 2. The minimum Gasteiger partial charge on any atom is -0.352 e. The number of nitrogens with one attached hydrogen (secondary N) is 2. The van der Waals surface area contributed by atoms with Crippen molar-refractivity contribution in [3.63, 3.8) is 0 Å². The smallest absolute Gasteiger partial charge is 0.279 e. The molecule has 2 aromatic heterocycles. The van der Waals surface area contributed by atoms with Gasteiger partial charge >= 0.3 is 0 Å². The Kier molecular flexibility index (Phi) is 4.67. The number of carbonyl (C=O) groups excluding carboxylic acids is 1. The van der Waals surface area contributed by atoms with Gasteiger partial charge in [0.2, 0.25) is 0 Å². The van der Waals surface area contributed by atoms with Crippen LogP contribution in [-0.4, -0.2) is 37.6 Å². The van der Waals surface area contributed by atoms with E-state index in [1.807, 2.05) is 25.1 Å². The average molecular weight is 374 g/mol. The van der Waals surface area contributed by atoms with Gasteiger partial charge in [0.15, 0.2) is 0 Å². The van der Waals surface area contributed by atoms with Gasteiger partial charge in [-0.15, -0.1) is 0 Å². The van der Waals surface area contributed by atoms with Gasteiger partial charge in [0.1, 0.15) is 0 Å². The van der Waals surface area contributed by atoms with E-state index >= 15 is 0 Å². The maximum absolute atomic E-state index is 12.8. The van der Waals surface area contributed by atoms with Gasteiger partial charge in [0, 0.05) is 23.9 Å². The number of fused-ring (bicyclic) bond motifs is 1. The lowest BCUT2D eigenvalue weighted by molar-refractivity contribution is 0.0954. The van der Waals surface area contributed by atoms with Crippen LogP contribution in [0, 0.1) is 6.92 Å². The van der Waals surface area contributed by atoms with E-state index in [2.05, 4.69) is 25.8 Å². The Hall–Kier alpha value is -3.81. The first-order chi connectivity index (χ1) is 13.6. The predicted octanol–water partition coefficient (Wildman–Crippen LogP) is 1.78. The van der Waals surface area contributed by atoms with Gasteiger partial charge < -0.3 is 5.32 Å². The molecule has 28 heavy (non-hydrogen) atoms. The van der Waals surface area contributed by atoms with Crippen molar-refractivity contribution in [3.8, 4) is 5.69 Å². The summed E-state index contributed by atoms with van der Waals surface area (Å²) in [4.78, 5) is 25.0. The Balaban J connectivity index is 1.53. The third-order valence-corrected chi connectivity index (χ3v) is 4.50. The van der Waals surface area contributed by atoms with Crippen molar-refractivity contribution in [1.29, 1.82) is 0 Å². The summed E-state index contributed by atoms with van der Waals surface area (Å²) in [7, 11) is 0. The van der Waals surface area contributed by atoms with E-state index < -0.39 is 0 Å². The molecule has 0 unspecified atom stereocenters. The molecule has 1 amide bonds. The van der Waals surface area contributed by atoms with Crippen molar-refractivity contribution < 1.29 is 4.79 Å². The monoisotopic (exact) mass is 374 g/mol. The van der Waals surface area contributed by atoms with E-state index in [4.69, 9.17) is 0 Å². The summed E-state index contributed by atoms with van der Waals surface area (Å²) in [6.45, 7) is 2.33. The van der Waals surface area contributed by atoms with Crippen molar-refractivity contribution in [2.75, 3.05) is 6.54 Å². The van der Waals surface area contributed by atoms with E-state index in [1.54, 1.807) is 36.5 Å². The number of H-pyrrole nitrogens is 1. The van der Waals surface area contributed by atoms with Gasteiger partial charge in [-0.3, -0.25) is 9.59 Å². The second-order valence-electron chi connectivity index (χ2n) is 6.36. The predicted molar refractivity (Wildman–Crippen MR) is 104 cm³/mol. The van der Waals surface area contributed by atoms with Gasteiger partial charge in [-0.25, -0.2) is 0 Å². The highest BCUT2D eigenvalue weighted by Gasteiger charge is 2.10. The van der Waals surface area contributed by atoms with Gasteiger partial charge in [-0.2, -0.15) is 25.2 Å². The molecule has 0 saturated heterocycles. The van der Waals surface area contributed by atoms with Crippen LogP contribution in [0.4, 0.5) is 0 Å². The van der Waals surface area contributed by atoms with Crippen LogP contribution in [0.5, 0.6) is 0 Å². The average Bonchev–Trinajstić information content (AvgIpc) is 3.24. The highest BCUT2D eigenvalue weighted by Crippen LogP contribution is 2.14. The number of nitrogens with zero attached hydrogens (tertiary/aromatic N) is 4. The van der Waals surface area contributed by atoms with E-state index in [0.717, 1.165) is 16.8 Å². The maximum Gasteiger partial charge on any atom is 0.279 e. The molecule has 4 aromatic rings. The minimum atomic E-state index is -0.190. The summed E-state index contributed by atoms with van der Waals surface area (Å²) in [5, 5.41) is 18.9. The summed E-state index contributed by atoms with van der Waals surface area (Å²) in [5.74, 6) is -0.190. The Labute approximate surface area is 160 Å². The molecule has 8 nitrogen and oxygen atoms in total. The third-order valence-electron chi connectivity index (χ3n) is 4.50. The molecule has 0 spiro atoms. The molecule has 0 saturated carbocycles. The molecule has 4 rings (SSSR count). The quantitative estimate of drug-likeness (QED) is 0.554. The number of carbonyl (C=O) groups is 1. The van der Waals surface area contributed by atoms with Crippen LogP contribution < -0.4 is 10.9 Å². The van der Waals surface area contributed by atoms with Gasteiger partial charge in [-0.1, -0.05) is 18.2 Å². The topological polar surface area (TPSA) is 106 Å². The standard InChI is InChI=1S/C20H18N6O2/c1-13-17-4-2-3-5-18(17)20(28)26(24-13)16-8-6-14(7-9-16)19(27)21-11-10-15-12-22-25-23-15/h2-9,12H,10-11H2,1H3,(H,21,27)(H,22,23,25). The van der Waals surface area contributed by atoms with Crippen molar-refractivity contribution in [2.24, 2.45) is 0 Å². The SMILES string of the molecule is Cc1nn(-c2ccc(C(=O)NCCc3cn[nH]n3)cc2)c(=O)c2ccccc12. The van der Waals surface area contributed by atoms with Crippen LogP contribution in [-0.2, 0) is 6.42 Å². The summed E-state index contributed by atoms with van der Waals surface area (Å²) >= 11 is 0. The highest BCUT2D eigenvalue weighted by atomic mass is 16.1.